The highest BCUT2D eigenvalue weighted by molar-refractivity contribution is 5.49. The standard InChI is InChI=1S/C13H18N2O/c1-2-11(15-12-7-14-8-12)6-13(3-1)16-9-10-4-5-10/h1-3,6,10,12,14-15H,4-5,7-9H2. The lowest BCUT2D eigenvalue weighted by Gasteiger charge is -2.29. The number of anilines is 1. The predicted octanol–water partition coefficient (Wildman–Crippen LogP) is 1.86. The van der Waals surface area contributed by atoms with Crippen LogP contribution in [0, 0.1) is 5.92 Å². The third-order valence-electron chi connectivity index (χ3n) is 3.17. The quantitative estimate of drug-likeness (QED) is 0.791. The zero-order chi connectivity index (χ0) is 10.8. The monoisotopic (exact) mass is 218 g/mol. The molecule has 3 heteroatoms. The number of hydrogen-bond donors (Lipinski definition) is 2. The molecule has 1 aliphatic heterocycles. The average molecular weight is 218 g/mol. The van der Waals surface area contributed by atoms with Crippen molar-refractivity contribution < 1.29 is 4.74 Å². The Bertz CT molecular complexity index is 359. The fourth-order valence-electron chi connectivity index (χ4n) is 1.80. The maximum atomic E-state index is 5.75. The minimum absolute atomic E-state index is 0.582. The first-order valence-corrected chi connectivity index (χ1v) is 6.10. The van der Waals surface area contributed by atoms with Gasteiger partial charge in [0.15, 0.2) is 0 Å². The van der Waals surface area contributed by atoms with Crippen LogP contribution in [0.25, 0.3) is 0 Å². The zero-order valence-corrected chi connectivity index (χ0v) is 9.41. The molecule has 0 amide bonds. The molecule has 1 saturated carbocycles. The Morgan fingerprint density at radius 3 is 2.88 bits per heavy atom. The smallest absolute Gasteiger partial charge is 0.121 e. The molecular weight excluding hydrogens is 200 g/mol. The van der Waals surface area contributed by atoms with E-state index < -0.39 is 0 Å². The van der Waals surface area contributed by atoms with Crippen molar-refractivity contribution >= 4 is 5.69 Å². The number of rotatable bonds is 5. The van der Waals surface area contributed by atoms with Gasteiger partial charge in [-0.3, -0.25) is 0 Å². The van der Waals surface area contributed by atoms with Crippen molar-refractivity contribution in [2.75, 3.05) is 25.0 Å². The molecule has 3 nitrogen and oxygen atoms in total. The molecule has 2 N–H and O–H groups in total. The van der Waals surface area contributed by atoms with E-state index in [0.29, 0.717) is 6.04 Å². The molecule has 1 aromatic carbocycles. The maximum absolute atomic E-state index is 5.75. The first-order valence-electron chi connectivity index (χ1n) is 6.10. The van der Waals surface area contributed by atoms with Gasteiger partial charge in [-0.15, -0.1) is 0 Å². The van der Waals surface area contributed by atoms with Crippen LogP contribution >= 0.6 is 0 Å². The molecule has 16 heavy (non-hydrogen) atoms. The first-order chi connectivity index (χ1) is 7.90. The van der Waals surface area contributed by atoms with Crippen LogP contribution in [0.1, 0.15) is 12.8 Å². The van der Waals surface area contributed by atoms with Gasteiger partial charge >= 0.3 is 0 Å². The van der Waals surface area contributed by atoms with Crippen LogP contribution in [0.5, 0.6) is 5.75 Å². The van der Waals surface area contributed by atoms with Crippen molar-refractivity contribution in [1.82, 2.24) is 5.32 Å². The summed E-state index contributed by atoms with van der Waals surface area (Å²) in [5.74, 6) is 1.80. The summed E-state index contributed by atoms with van der Waals surface area (Å²) in [7, 11) is 0. The van der Waals surface area contributed by atoms with Gasteiger partial charge in [-0.25, -0.2) is 0 Å². The van der Waals surface area contributed by atoms with E-state index in [1.807, 2.05) is 6.07 Å². The second-order valence-corrected chi connectivity index (χ2v) is 4.78. The van der Waals surface area contributed by atoms with E-state index in [1.54, 1.807) is 0 Å². The molecule has 86 valence electrons. The topological polar surface area (TPSA) is 33.3 Å². The van der Waals surface area contributed by atoms with Crippen molar-refractivity contribution in [2.45, 2.75) is 18.9 Å². The van der Waals surface area contributed by atoms with E-state index in [-0.39, 0.29) is 0 Å². The fourth-order valence-corrected chi connectivity index (χ4v) is 1.80. The van der Waals surface area contributed by atoms with Crippen molar-refractivity contribution in [2.24, 2.45) is 5.92 Å². The second-order valence-electron chi connectivity index (χ2n) is 4.78. The van der Waals surface area contributed by atoms with Crippen LogP contribution in [0.4, 0.5) is 5.69 Å². The Kier molecular flexibility index (Phi) is 2.70. The van der Waals surface area contributed by atoms with Gasteiger partial charge in [0.25, 0.3) is 0 Å². The van der Waals surface area contributed by atoms with Crippen LogP contribution in [0.2, 0.25) is 0 Å². The molecule has 0 radical (unpaired) electrons. The van der Waals surface area contributed by atoms with Crippen molar-refractivity contribution in [1.29, 1.82) is 0 Å². The highest BCUT2D eigenvalue weighted by Crippen LogP contribution is 2.30. The molecule has 1 saturated heterocycles. The summed E-state index contributed by atoms with van der Waals surface area (Å²) in [6.45, 7) is 3.01. The highest BCUT2D eigenvalue weighted by Gasteiger charge is 2.22. The van der Waals surface area contributed by atoms with Gasteiger partial charge in [-0.2, -0.15) is 0 Å². The summed E-state index contributed by atoms with van der Waals surface area (Å²) in [6, 6.07) is 8.87. The Morgan fingerprint density at radius 2 is 2.19 bits per heavy atom. The van der Waals surface area contributed by atoms with E-state index >= 15 is 0 Å². The highest BCUT2D eigenvalue weighted by atomic mass is 16.5. The molecule has 0 atom stereocenters. The molecule has 2 aliphatic rings. The molecule has 0 spiro atoms. The molecule has 1 aliphatic carbocycles. The van der Waals surface area contributed by atoms with Gasteiger partial charge in [0.1, 0.15) is 5.75 Å². The third-order valence-corrected chi connectivity index (χ3v) is 3.17. The lowest BCUT2D eigenvalue weighted by molar-refractivity contribution is 0.300. The maximum Gasteiger partial charge on any atom is 0.121 e. The Labute approximate surface area is 96.2 Å². The SMILES string of the molecule is c1cc(NC2CNC2)cc(OCC2CC2)c1. The first kappa shape index (κ1) is 9.97. The van der Waals surface area contributed by atoms with Crippen molar-refractivity contribution in [3.05, 3.63) is 24.3 Å². The van der Waals surface area contributed by atoms with Crippen molar-refractivity contribution in [3.63, 3.8) is 0 Å². The molecule has 1 heterocycles. The largest absolute Gasteiger partial charge is 0.493 e. The van der Waals surface area contributed by atoms with Crippen LogP contribution < -0.4 is 15.4 Å². The summed E-state index contributed by atoms with van der Waals surface area (Å²) in [6.07, 6.45) is 2.68. The van der Waals surface area contributed by atoms with E-state index in [2.05, 4.69) is 28.8 Å². The fraction of sp³-hybridized carbons (Fsp3) is 0.538. The number of nitrogens with one attached hydrogen (secondary N) is 2. The predicted molar refractivity (Wildman–Crippen MR) is 64.9 cm³/mol. The van der Waals surface area contributed by atoms with Gasteiger partial charge in [0.05, 0.1) is 12.6 Å². The third kappa shape index (κ3) is 2.47. The van der Waals surface area contributed by atoms with Crippen LogP contribution in [0.3, 0.4) is 0 Å². The van der Waals surface area contributed by atoms with Gasteiger partial charge in [0, 0.05) is 24.8 Å². The number of benzene rings is 1. The summed E-state index contributed by atoms with van der Waals surface area (Å²) >= 11 is 0. The minimum Gasteiger partial charge on any atom is -0.493 e. The van der Waals surface area contributed by atoms with Gasteiger partial charge in [0.2, 0.25) is 0 Å². The molecule has 2 fully saturated rings. The lowest BCUT2D eigenvalue weighted by atomic mass is 10.1. The summed E-state index contributed by atoms with van der Waals surface area (Å²) in [4.78, 5) is 0. The van der Waals surface area contributed by atoms with Crippen molar-refractivity contribution in [3.8, 4) is 5.75 Å². The normalized spacial score (nSPS) is 20.2. The van der Waals surface area contributed by atoms with Crippen LogP contribution in [0.15, 0.2) is 24.3 Å². The molecule has 0 bridgehead atoms. The van der Waals surface area contributed by atoms with E-state index in [4.69, 9.17) is 4.74 Å². The van der Waals surface area contributed by atoms with E-state index in [0.717, 1.165) is 31.4 Å². The Balaban J connectivity index is 1.57. The Morgan fingerprint density at radius 1 is 1.31 bits per heavy atom. The lowest BCUT2D eigenvalue weighted by Crippen LogP contribution is -2.51. The number of hydrogen-bond acceptors (Lipinski definition) is 3. The second kappa shape index (κ2) is 4.34. The molecule has 3 rings (SSSR count). The minimum atomic E-state index is 0.582. The Hall–Kier alpha value is -1.22. The summed E-state index contributed by atoms with van der Waals surface area (Å²) in [5.41, 5.74) is 1.17. The van der Waals surface area contributed by atoms with Crippen LogP contribution in [-0.4, -0.2) is 25.7 Å². The average Bonchev–Trinajstić information content (AvgIpc) is 3.05. The van der Waals surface area contributed by atoms with Gasteiger partial charge < -0.3 is 15.4 Å². The van der Waals surface area contributed by atoms with Gasteiger partial charge in [-0.1, -0.05) is 6.07 Å². The van der Waals surface area contributed by atoms with E-state index in [9.17, 15) is 0 Å². The summed E-state index contributed by atoms with van der Waals surface area (Å²) in [5, 5.41) is 6.73. The molecular formula is C13H18N2O. The van der Waals surface area contributed by atoms with Crippen LogP contribution in [-0.2, 0) is 0 Å². The molecule has 1 aromatic rings. The molecule has 0 unspecified atom stereocenters. The number of ether oxygens (including phenoxy) is 1. The molecule has 0 aromatic heterocycles. The summed E-state index contributed by atoms with van der Waals surface area (Å²) < 4.78 is 5.75. The zero-order valence-electron chi connectivity index (χ0n) is 9.41. The van der Waals surface area contributed by atoms with E-state index in [1.165, 1.54) is 18.5 Å². The van der Waals surface area contributed by atoms with Gasteiger partial charge in [-0.05, 0) is 30.9 Å².